The molecule has 4 saturated carbocycles. The van der Waals surface area contributed by atoms with Crippen molar-refractivity contribution in [2.75, 3.05) is 0 Å². The maximum absolute atomic E-state index is 6.00. The maximum Gasteiger partial charge on any atom is 0.127 e. The number of para-hydroxylation sites is 1. The molecular formula is C24H28O. The molecule has 1 nitrogen and oxygen atoms in total. The molecule has 6 rings (SSSR count). The van der Waals surface area contributed by atoms with Crippen LogP contribution in [0.25, 0.3) is 0 Å². The maximum atomic E-state index is 6.00. The number of benzene rings is 2. The Hall–Kier alpha value is -1.76. The Bertz CT molecular complexity index is 744. The van der Waals surface area contributed by atoms with Crippen LogP contribution >= 0.6 is 0 Å². The molecule has 4 aliphatic rings. The summed E-state index contributed by atoms with van der Waals surface area (Å²) in [5.74, 6) is 4.69. The minimum atomic E-state index is 0.382. The molecule has 0 radical (unpaired) electrons. The third-order valence-electron chi connectivity index (χ3n) is 7.82. The lowest BCUT2D eigenvalue weighted by atomic mass is 9.38. The Balaban J connectivity index is 1.46. The SMILES string of the molecule is CC1(C)C2CC3CC(C2)CC1(c1ccc(Oc2ccccc2)cc1)C3. The van der Waals surface area contributed by atoms with E-state index in [1.165, 1.54) is 32.1 Å². The standard InChI is InChI=1S/C24H28O/c1-23(2)20-13-17-12-18(14-20)16-24(23,15-17)19-8-10-22(11-9-19)25-21-6-4-3-5-7-21/h3-11,17-18,20H,12-16H2,1-2H3. The predicted octanol–water partition coefficient (Wildman–Crippen LogP) is 6.58. The van der Waals surface area contributed by atoms with Crippen LogP contribution < -0.4 is 4.74 Å². The highest BCUT2D eigenvalue weighted by Crippen LogP contribution is 2.68. The van der Waals surface area contributed by atoms with Gasteiger partial charge in [-0.25, -0.2) is 0 Å². The summed E-state index contributed by atoms with van der Waals surface area (Å²) in [6, 6.07) is 19.1. The van der Waals surface area contributed by atoms with Crippen molar-refractivity contribution < 1.29 is 4.74 Å². The summed E-state index contributed by atoms with van der Waals surface area (Å²) >= 11 is 0. The van der Waals surface area contributed by atoms with Gasteiger partial charge in [-0.2, -0.15) is 0 Å². The second kappa shape index (κ2) is 5.37. The van der Waals surface area contributed by atoms with Crippen molar-refractivity contribution in [1.29, 1.82) is 0 Å². The van der Waals surface area contributed by atoms with E-state index >= 15 is 0 Å². The minimum Gasteiger partial charge on any atom is -0.457 e. The summed E-state index contributed by atoms with van der Waals surface area (Å²) in [5, 5.41) is 0. The van der Waals surface area contributed by atoms with Crippen molar-refractivity contribution >= 4 is 0 Å². The molecule has 4 aliphatic carbocycles. The van der Waals surface area contributed by atoms with E-state index in [2.05, 4.69) is 38.1 Å². The highest BCUT2D eigenvalue weighted by Gasteiger charge is 2.61. The summed E-state index contributed by atoms with van der Waals surface area (Å²) in [6.45, 7) is 5.09. The van der Waals surface area contributed by atoms with Crippen LogP contribution in [0.4, 0.5) is 0 Å². The van der Waals surface area contributed by atoms with Gasteiger partial charge < -0.3 is 4.74 Å². The van der Waals surface area contributed by atoms with E-state index in [4.69, 9.17) is 4.74 Å². The number of hydrogen-bond acceptors (Lipinski definition) is 1. The van der Waals surface area contributed by atoms with Crippen LogP contribution in [-0.4, -0.2) is 0 Å². The van der Waals surface area contributed by atoms with Crippen LogP contribution in [-0.2, 0) is 5.41 Å². The van der Waals surface area contributed by atoms with Gasteiger partial charge in [-0.05, 0) is 85.1 Å². The summed E-state index contributed by atoms with van der Waals surface area (Å²) < 4.78 is 6.00. The van der Waals surface area contributed by atoms with Crippen LogP contribution in [0.2, 0.25) is 0 Å². The topological polar surface area (TPSA) is 9.23 Å². The van der Waals surface area contributed by atoms with Gasteiger partial charge in [-0.15, -0.1) is 0 Å². The molecule has 25 heavy (non-hydrogen) atoms. The van der Waals surface area contributed by atoms with Crippen LogP contribution in [0.5, 0.6) is 11.5 Å². The average molecular weight is 332 g/mol. The molecule has 2 unspecified atom stereocenters. The molecular weight excluding hydrogens is 304 g/mol. The Morgan fingerprint density at radius 1 is 0.760 bits per heavy atom. The smallest absolute Gasteiger partial charge is 0.127 e. The van der Waals surface area contributed by atoms with Crippen molar-refractivity contribution in [1.82, 2.24) is 0 Å². The first kappa shape index (κ1) is 15.5. The lowest BCUT2D eigenvalue weighted by Gasteiger charge is -2.66. The fourth-order valence-electron chi connectivity index (χ4n) is 6.55. The third kappa shape index (κ3) is 2.28. The summed E-state index contributed by atoms with van der Waals surface area (Å²) in [4.78, 5) is 0. The summed E-state index contributed by atoms with van der Waals surface area (Å²) in [7, 11) is 0. The van der Waals surface area contributed by atoms with Gasteiger partial charge in [0, 0.05) is 5.41 Å². The van der Waals surface area contributed by atoms with E-state index in [0.717, 1.165) is 29.3 Å². The molecule has 2 atom stereocenters. The molecule has 0 spiro atoms. The molecule has 4 bridgehead atoms. The summed E-state index contributed by atoms with van der Waals surface area (Å²) in [5.41, 5.74) is 2.35. The number of hydrogen-bond donors (Lipinski definition) is 0. The molecule has 0 aromatic heterocycles. The van der Waals surface area contributed by atoms with Gasteiger partial charge in [0.25, 0.3) is 0 Å². The summed E-state index contributed by atoms with van der Waals surface area (Å²) in [6.07, 6.45) is 7.22. The lowest BCUT2D eigenvalue weighted by Crippen LogP contribution is -2.59. The van der Waals surface area contributed by atoms with Crippen LogP contribution in [0.15, 0.2) is 54.6 Å². The van der Waals surface area contributed by atoms with Crippen LogP contribution in [0, 0.1) is 23.2 Å². The Kier molecular flexibility index (Phi) is 3.33. The minimum absolute atomic E-state index is 0.382. The largest absolute Gasteiger partial charge is 0.457 e. The van der Waals surface area contributed by atoms with Crippen molar-refractivity contribution in [3.63, 3.8) is 0 Å². The molecule has 4 fully saturated rings. The Labute approximate surface area is 151 Å². The molecule has 1 heteroatoms. The van der Waals surface area contributed by atoms with E-state index in [1.54, 1.807) is 5.56 Å². The molecule has 0 saturated heterocycles. The van der Waals surface area contributed by atoms with Gasteiger partial charge >= 0.3 is 0 Å². The monoisotopic (exact) mass is 332 g/mol. The highest BCUT2D eigenvalue weighted by atomic mass is 16.5. The van der Waals surface area contributed by atoms with Crippen molar-refractivity contribution in [3.8, 4) is 11.5 Å². The first-order valence-electron chi connectivity index (χ1n) is 9.90. The molecule has 0 heterocycles. The molecule has 0 N–H and O–H groups in total. The fourth-order valence-corrected chi connectivity index (χ4v) is 6.55. The van der Waals surface area contributed by atoms with E-state index < -0.39 is 0 Å². The van der Waals surface area contributed by atoms with Crippen molar-refractivity contribution in [2.45, 2.75) is 51.4 Å². The zero-order chi connectivity index (χ0) is 17.1. The first-order chi connectivity index (χ1) is 12.1. The van der Waals surface area contributed by atoms with Gasteiger partial charge in [-0.1, -0.05) is 44.2 Å². The predicted molar refractivity (Wildman–Crippen MR) is 102 cm³/mol. The van der Waals surface area contributed by atoms with Gasteiger partial charge in [0.1, 0.15) is 11.5 Å². The number of ether oxygens (including phenoxy) is 1. The van der Waals surface area contributed by atoms with E-state index in [9.17, 15) is 0 Å². The molecule has 2 aromatic carbocycles. The van der Waals surface area contributed by atoms with Crippen molar-refractivity contribution in [3.05, 3.63) is 60.2 Å². The van der Waals surface area contributed by atoms with E-state index in [0.29, 0.717) is 10.8 Å². The Morgan fingerprint density at radius 3 is 2.00 bits per heavy atom. The first-order valence-corrected chi connectivity index (χ1v) is 9.90. The normalized spacial score (nSPS) is 34.9. The van der Waals surface area contributed by atoms with Gasteiger partial charge in [0.2, 0.25) is 0 Å². The van der Waals surface area contributed by atoms with Crippen LogP contribution in [0.3, 0.4) is 0 Å². The zero-order valence-electron chi connectivity index (χ0n) is 15.4. The van der Waals surface area contributed by atoms with Gasteiger partial charge in [0.05, 0.1) is 0 Å². The van der Waals surface area contributed by atoms with Gasteiger partial charge in [0.15, 0.2) is 0 Å². The van der Waals surface area contributed by atoms with E-state index in [-0.39, 0.29) is 0 Å². The fraction of sp³-hybridized carbons (Fsp3) is 0.500. The van der Waals surface area contributed by atoms with E-state index in [1.807, 2.05) is 30.3 Å². The quantitative estimate of drug-likeness (QED) is 0.616. The Morgan fingerprint density at radius 2 is 1.36 bits per heavy atom. The zero-order valence-corrected chi connectivity index (χ0v) is 15.4. The molecule has 130 valence electrons. The molecule has 0 aliphatic heterocycles. The second-order valence-corrected chi connectivity index (χ2v) is 9.29. The van der Waals surface area contributed by atoms with Crippen molar-refractivity contribution in [2.24, 2.45) is 23.2 Å². The average Bonchev–Trinajstić information content (AvgIpc) is 2.61. The second-order valence-electron chi connectivity index (χ2n) is 9.29. The lowest BCUT2D eigenvalue weighted by molar-refractivity contribution is -0.113. The van der Waals surface area contributed by atoms with Gasteiger partial charge in [-0.3, -0.25) is 0 Å². The number of rotatable bonds is 3. The van der Waals surface area contributed by atoms with Crippen LogP contribution in [0.1, 0.15) is 51.5 Å². The molecule has 2 aromatic rings. The third-order valence-corrected chi connectivity index (χ3v) is 7.82. The molecule has 0 amide bonds. The highest BCUT2D eigenvalue weighted by molar-refractivity contribution is 5.39.